The summed E-state index contributed by atoms with van der Waals surface area (Å²) in [5.74, 6) is 0.657. The minimum atomic E-state index is -0.375. The monoisotopic (exact) mass is 830 g/mol. The third kappa shape index (κ3) is 5.98. The Hall–Kier alpha value is -8.34. The van der Waals surface area contributed by atoms with Gasteiger partial charge in [0.05, 0.1) is 33.3 Å². The molecule has 0 N–H and O–H groups in total. The lowest BCUT2D eigenvalue weighted by molar-refractivity contribution is 0.446. The van der Waals surface area contributed by atoms with Crippen LogP contribution < -0.4 is 0 Å². The first kappa shape index (κ1) is 37.2. The Kier molecular flexibility index (Phi) is 8.37. The second kappa shape index (κ2) is 14.6. The molecule has 4 nitrogen and oxygen atoms in total. The molecule has 4 heteroatoms. The van der Waals surface area contributed by atoms with Gasteiger partial charge >= 0.3 is 0 Å². The van der Waals surface area contributed by atoms with Gasteiger partial charge in [-0.3, -0.25) is 4.57 Å². The molecule has 12 aromatic rings. The summed E-state index contributed by atoms with van der Waals surface area (Å²) >= 11 is 0. The van der Waals surface area contributed by atoms with Crippen molar-refractivity contribution in [1.82, 2.24) is 19.1 Å². The Bertz CT molecular complexity index is 3910. The van der Waals surface area contributed by atoms with Crippen LogP contribution in [0.25, 0.3) is 105 Å². The third-order valence-corrected chi connectivity index (χ3v) is 13.6. The Balaban J connectivity index is 1.03. The van der Waals surface area contributed by atoms with Crippen LogP contribution in [-0.2, 0) is 5.54 Å². The summed E-state index contributed by atoms with van der Waals surface area (Å²) in [6.07, 6.45) is 5.75. The number of rotatable bonds is 6. The number of hydrogen-bond acceptors (Lipinski definition) is 2. The average molecular weight is 831 g/mol. The Labute approximate surface area is 376 Å². The van der Waals surface area contributed by atoms with Crippen LogP contribution in [0.4, 0.5) is 0 Å². The second-order valence-corrected chi connectivity index (χ2v) is 17.6. The Morgan fingerprint density at radius 2 is 1.05 bits per heavy atom. The zero-order chi connectivity index (χ0) is 43.1. The Morgan fingerprint density at radius 3 is 1.85 bits per heavy atom. The molecule has 1 unspecified atom stereocenters. The van der Waals surface area contributed by atoms with Crippen LogP contribution in [0.15, 0.2) is 224 Å². The number of para-hydroxylation sites is 2. The van der Waals surface area contributed by atoms with E-state index in [1.807, 2.05) is 0 Å². The normalized spacial score (nSPS) is 15.3. The third-order valence-electron chi connectivity index (χ3n) is 13.6. The minimum absolute atomic E-state index is 0.375. The Morgan fingerprint density at radius 1 is 0.431 bits per heavy atom. The van der Waals surface area contributed by atoms with Crippen molar-refractivity contribution in [2.75, 3.05) is 0 Å². The first-order valence-corrected chi connectivity index (χ1v) is 22.4. The highest BCUT2D eigenvalue weighted by molar-refractivity contribution is 6.22. The van der Waals surface area contributed by atoms with Gasteiger partial charge in [-0.25, -0.2) is 9.97 Å². The van der Waals surface area contributed by atoms with Gasteiger partial charge in [0.25, 0.3) is 0 Å². The highest BCUT2D eigenvalue weighted by Crippen LogP contribution is 2.46. The molecule has 3 heterocycles. The predicted molar refractivity (Wildman–Crippen MR) is 272 cm³/mol. The summed E-state index contributed by atoms with van der Waals surface area (Å²) in [5, 5.41) is 8.32. The second-order valence-electron chi connectivity index (χ2n) is 17.6. The van der Waals surface area contributed by atoms with Crippen molar-refractivity contribution < 1.29 is 0 Å². The lowest BCUT2D eigenvalue weighted by Crippen LogP contribution is -2.30. The van der Waals surface area contributed by atoms with Gasteiger partial charge in [0.15, 0.2) is 0 Å². The summed E-state index contributed by atoms with van der Waals surface area (Å²) in [6.45, 7) is 2.41. The smallest absolute Gasteiger partial charge is 0.235 e. The van der Waals surface area contributed by atoms with E-state index < -0.39 is 0 Å². The number of nitrogens with zero attached hydrogens (tertiary/aromatic N) is 4. The van der Waals surface area contributed by atoms with Gasteiger partial charge in [0.2, 0.25) is 5.95 Å². The SMILES string of the molecule is CC1(n2c3ccccc3c3ccc(-c4ccc5c(c4)c4c6ccccc6ccc4n5-c4nc(-c5ccccc5)c5ccccc5n4)cc32)C=C(c2ccccc2)C=C(c2ccccc2)C1. The summed E-state index contributed by atoms with van der Waals surface area (Å²) in [4.78, 5) is 10.6. The lowest BCUT2D eigenvalue weighted by Gasteiger charge is -2.35. The van der Waals surface area contributed by atoms with E-state index in [0.717, 1.165) is 45.2 Å². The maximum Gasteiger partial charge on any atom is 0.235 e. The summed E-state index contributed by atoms with van der Waals surface area (Å²) in [5.41, 5.74) is 14.5. The number of aromatic nitrogens is 4. The molecule has 3 aromatic heterocycles. The van der Waals surface area contributed by atoms with Crippen molar-refractivity contribution in [3.05, 3.63) is 236 Å². The summed E-state index contributed by atoms with van der Waals surface area (Å²) in [7, 11) is 0. The molecule has 0 saturated heterocycles. The van der Waals surface area contributed by atoms with Crippen molar-refractivity contribution >= 4 is 76.4 Å². The van der Waals surface area contributed by atoms with Gasteiger partial charge in [-0.05, 0) is 93.9 Å². The van der Waals surface area contributed by atoms with Crippen molar-refractivity contribution in [2.45, 2.75) is 18.9 Å². The van der Waals surface area contributed by atoms with Crippen molar-refractivity contribution in [1.29, 1.82) is 0 Å². The number of benzene rings is 9. The first-order valence-electron chi connectivity index (χ1n) is 22.4. The van der Waals surface area contributed by atoms with Gasteiger partial charge in [-0.1, -0.05) is 188 Å². The van der Waals surface area contributed by atoms with E-state index in [1.165, 1.54) is 71.2 Å². The molecule has 9 aromatic carbocycles. The number of allylic oxidation sites excluding steroid dienone is 4. The average Bonchev–Trinajstić information content (AvgIpc) is 3.90. The molecule has 0 spiro atoms. The van der Waals surface area contributed by atoms with Crippen LogP contribution in [0.2, 0.25) is 0 Å². The van der Waals surface area contributed by atoms with E-state index in [9.17, 15) is 0 Å². The molecule has 0 amide bonds. The van der Waals surface area contributed by atoms with E-state index >= 15 is 0 Å². The molecule has 65 heavy (non-hydrogen) atoms. The van der Waals surface area contributed by atoms with Gasteiger partial charge in [0.1, 0.15) is 0 Å². The van der Waals surface area contributed by atoms with Crippen LogP contribution in [0.1, 0.15) is 24.5 Å². The van der Waals surface area contributed by atoms with Gasteiger partial charge in [-0.2, -0.15) is 0 Å². The van der Waals surface area contributed by atoms with Crippen molar-refractivity contribution in [3.8, 4) is 28.3 Å². The molecule has 0 fully saturated rings. The van der Waals surface area contributed by atoms with Crippen LogP contribution >= 0.6 is 0 Å². The van der Waals surface area contributed by atoms with Crippen molar-refractivity contribution in [2.24, 2.45) is 0 Å². The molecule has 0 saturated carbocycles. The maximum atomic E-state index is 5.38. The highest BCUT2D eigenvalue weighted by Gasteiger charge is 2.33. The molecule has 306 valence electrons. The largest absolute Gasteiger partial charge is 0.331 e. The van der Waals surface area contributed by atoms with Crippen LogP contribution in [0, 0.1) is 0 Å². The highest BCUT2D eigenvalue weighted by atomic mass is 15.2. The zero-order valence-electron chi connectivity index (χ0n) is 35.9. The molecule has 0 bridgehead atoms. The van der Waals surface area contributed by atoms with E-state index in [-0.39, 0.29) is 5.54 Å². The molecule has 1 atom stereocenters. The molecular formula is C61H42N4. The minimum Gasteiger partial charge on any atom is -0.331 e. The topological polar surface area (TPSA) is 35.6 Å². The fraction of sp³-hybridized carbons (Fsp3) is 0.0492. The predicted octanol–water partition coefficient (Wildman–Crippen LogP) is 15.6. The summed E-state index contributed by atoms with van der Waals surface area (Å²) < 4.78 is 4.87. The first-order chi connectivity index (χ1) is 32.1. The summed E-state index contributed by atoms with van der Waals surface area (Å²) in [6, 6.07) is 76.6. The molecule has 0 aliphatic heterocycles. The standard InChI is InChI=1S/C61H42N4/c1-61(38-46(40-17-5-2-6-18-40)35-47(39-61)41-19-7-3-8-20-41)65-55-28-16-14-25-49(55)50-32-29-45(37-57(50)65)44-31-33-54-52(36-44)58-48-24-12-11-21-42(48)30-34-56(58)64(54)60-62-53-27-15-13-26-51(53)59(63-60)43-22-9-4-10-23-43/h2-38H,39H2,1H3. The van der Waals surface area contributed by atoms with Crippen molar-refractivity contribution in [3.63, 3.8) is 0 Å². The van der Waals surface area contributed by atoms with E-state index in [1.54, 1.807) is 0 Å². The number of fused-ring (bicyclic) bond motifs is 9. The van der Waals surface area contributed by atoms with Gasteiger partial charge in [0, 0.05) is 38.0 Å². The fourth-order valence-electron chi connectivity index (χ4n) is 10.7. The lowest BCUT2D eigenvalue weighted by atomic mass is 9.80. The van der Waals surface area contributed by atoms with Gasteiger partial charge in [-0.15, -0.1) is 0 Å². The fourth-order valence-corrected chi connectivity index (χ4v) is 10.7. The van der Waals surface area contributed by atoms with E-state index in [4.69, 9.17) is 9.97 Å². The van der Waals surface area contributed by atoms with E-state index in [2.05, 4.69) is 241 Å². The van der Waals surface area contributed by atoms with Crippen LogP contribution in [0.5, 0.6) is 0 Å². The molecule has 1 aliphatic carbocycles. The quantitative estimate of drug-likeness (QED) is 0.167. The molecule has 1 aliphatic rings. The van der Waals surface area contributed by atoms with Gasteiger partial charge < -0.3 is 4.57 Å². The van der Waals surface area contributed by atoms with Crippen LogP contribution in [0.3, 0.4) is 0 Å². The molecular weight excluding hydrogens is 789 g/mol. The molecule has 0 radical (unpaired) electrons. The molecule has 13 rings (SSSR count). The van der Waals surface area contributed by atoms with Crippen LogP contribution in [-0.4, -0.2) is 19.1 Å². The van der Waals surface area contributed by atoms with E-state index in [0.29, 0.717) is 5.95 Å². The maximum absolute atomic E-state index is 5.38. The number of hydrogen-bond donors (Lipinski definition) is 0. The zero-order valence-corrected chi connectivity index (χ0v) is 35.9.